The molecule has 0 bridgehead atoms. The van der Waals surface area contributed by atoms with Gasteiger partial charge in [0.2, 0.25) is 0 Å². The molecule has 0 aliphatic carbocycles. The van der Waals surface area contributed by atoms with Gasteiger partial charge in [-0.1, -0.05) is 0 Å². The molecule has 0 aromatic rings. The highest BCUT2D eigenvalue weighted by molar-refractivity contribution is 5.72. The summed E-state index contributed by atoms with van der Waals surface area (Å²) in [5.74, 6) is -0.119. The summed E-state index contributed by atoms with van der Waals surface area (Å²) in [4.78, 5) is 11.3. The Balaban J connectivity index is 2.37. The Morgan fingerprint density at radius 3 is 3.08 bits per heavy atom. The Morgan fingerprint density at radius 2 is 2.46 bits per heavy atom. The third-order valence-corrected chi connectivity index (χ3v) is 2.25. The van der Waals surface area contributed by atoms with Crippen LogP contribution in [-0.2, 0) is 14.3 Å². The van der Waals surface area contributed by atoms with E-state index in [0.717, 1.165) is 6.42 Å². The lowest BCUT2D eigenvalue weighted by molar-refractivity contribution is -0.153. The summed E-state index contributed by atoms with van der Waals surface area (Å²) in [6, 6.07) is 0. The lowest BCUT2D eigenvalue weighted by Gasteiger charge is -2.27. The third-order valence-electron chi connectivity index (χ3n) is 2.25. The summed E-state index contributed by atoms with van der Waals surface area (Å²) in [5.41, 5.74) is 5.46. The fourth-order valence-corrected chi connectivity index (χ4v) is 1.52. The lowest BCUT2D eigenvalue weighted by atomic mass is 9.96. The molecule has 2 N–H and O–H groups in total. The van der Waals surface area contributed by atoms with Crippen molar-refractivity contribution in [3.8, 4) is 0 Å². The van der Waals surface area contributed by atoms with Crippen molar-refractivity contribution in [2.45, 2.75) is 25.9 Å². The molecule has 76 valence electrons. The zero-order valence-corrected chi connectivity index (χ0v) is 7.99. The Hall–Kier alpha value is -0.610. The predicted octanol–water partition coefficient (Wildman–Crippen LogP) is 0.303. The molecule has 2 unspecified atom stereocenters. The van der Waals surface area contributed by atoms with Gasteiger partial charge < -0.3 is 15.2 Å². The molecule has 1 aliphatic rings. The largest absolute Gasteiger partial charge is 0.466 e. The molecule has 1 aliphatic heterocycles. The zero-order valence-electron chi connectivity index (χ0n) is 7.99. The third kappa shape index (κ3) is 2.97. The maximum atomic E-state index is 11.3. The van der Waals surface area contributed by atoms with Crippen molar-refractivity contribution >= 4 is 5.97 Å². The first kappa shape index (κ1) is 10.5. The van der Waals surface area contributed by atoms with Crippen LogP contribution < -0.4 is 5.73 Å². The number of hydrogen-bond donors (Lipinski definition) is 1. The summed E-state index contributed by atoms with van der Waals surface area (Å²) in [5, 5.41) is 0. The van der Waals surface area contributed by atoms with Gasteiger partial charge >= 0.3 is 5.97 Å². The Kier molecular flexibility index (Phi) is 4.18. The molecule has 0 radical (unpaired) electrons. The van der Waals surface area contributed by atoms with E-state index in [-0.39, 0.29) is 18.0 Å². The summed E-state index contributed by atoms with van der Waals surface area (Å²) in [7, 11) is 0. The van der Waals surface area contributed by atoms with Crippen molar-refractivity contribution < 1.29 is 14.3 Å². The van der Waals surface area contributed by atoms with Crippen molar-refractivity contribution in [1.82, 2.24) is 0 Å². The smallest absolute Gasteiger partial charge is 0.309 e. The lowest BCUT2D eigenvalue weighted by Crippen LogP contribution is -2.35. The van der Waals surface area contributed by atoms with Crippen molar-refractivity contribution in [2.24, 2.45) is 11.7 Å². The van der Waals surface area contributed by atoms with Crippen molar-refractivity contribution in [2.75, 3.05) is 19.8 Å². The van der Waals surface area contributed by atoms with Crippen LogP contribution in [0.4, 0.5) is 0 Å². The van der Waals surface area contributed by atoms with E-state index in [4.69, 9.17) is 15.2 Å². The molecule has 4 heteroatoms. The fourth-order valence-electron chi connectivity index (χ4n) is 1.52. The first-order valence-corrected chi connectivity index (χ1v) is 4.76. The molecule has 4 nitrogen and oxygen atoms in total. The molecular weight excluding hydrogens is 170 g/mol. The van der Waals surface area contributed by atoms with Crippen LogP contribution in [0.2, 0.25) is 0 Å². The van der Waals surface area contributed by atoms with Crippen LogP contribution in [-0.4, -0.2) is 31.8 Å². The standard InChI is InChI=1S/C9H17NO3/c1-2-12-9(11)7-3-4-13-8(5-7)6-10/h7-8H,2-6,10H2,1H3. The molecule has 2 atom stereocenters. The maximum absolute atomic E-state index is 11.3. The second kappa shape index (κ2) is 5.19. The quantitative estimate of drug-likeness (QED) is 0.646. The van der Waals surface area contributed by atoms with Gasteiger partial charge in [-0.15, -0.1) is 0 Å². The normalized spacial score (nSPS) is 28.5. The Bertz CT molecular complexity index is 172. The zero-order chi connectivity index (χ0) is 9.68. The summed E-state index contributed by atoms with van der Waals surface area (Å²) >= 11 is 0. The first-order valence-electron chi connectivity index (χ1n) is 4.76. The van der Waals surface area contributed by atoms with E-state index in [0.29, 0.717) is 26.2 Å². The predicted molar refractivity (Wildman–Crippen MR) is 48.2 cm³/mol. The Labute approximate surface area is 78.4 Å². The van der Waals surface area contributed by atoms with E-state index in [2.05, 4.69) is 0 Å². The van der Waals surface area contributed by atoms with Crippen molar-refractivity contribution in [3.05, 3.63) is 0 Å². The van der Waals surface area contributed by atoms with Crippen LogP contribution in [0.3, 0.4) is 0 Å². The molecule has 0 spiro atoms. The van der Waals surface area contributed by atoms with E-state index >= 15 is 0 Å². The number of carbonyl (C=O) groups excluding carboxylic acids is 1. The molecule has 0 amide bonds. The number of rotatable bonds is 3. The van der Waals surface area contributed by atoms with Gasteiger partial charge in [-0.3, -0.25) is 4.79 Å². The minimum absolute atomic E-state index is 0.0118. The Morgan fingerprint density at radius 1 is 1.69 bits per heavy atom. The van der Waals surface area contributed by atoms with Crippen LogP contribution in [0.1, 0.15) is 19.8 Å². The number of nitrogens with two attached hydrogens (primary N) is 1. The molecule has 1 rings (SSSR count). The molecule has 1 heterocycles. The van der Waals surface area contributed by atoms with Crippen LogP contribution >= 0.6 is 0 Å². The molecule has 0 aromatic heterocycles. The van der Waals surface area contributed by atoms with E-state index in [9.17, 15) is 4.79 Å². The first-order chi connectivity index (χ1) is 6.27. The minimum Gasteiger partial charge on any atom is -0.466 e. The second-order valence-corrected chi connectivity index (χ2v) is 3.20. The maximum Gasteiger partial charge on any atom is 0.309 e. The minimum atomic E-state index is -0.107. The van der Waals surface area contributed by atoms with Crippen LogP contribution in [0.25, 0.3) is 0 Å². The molecule has 0 saturated carbocycles. The average Bonchev–Trinajstić information content (AvgIpc) is 2.18. The average molecular weight is 187 g/mol. The van der Waals surface area contributed by atoms with E-state index in [1.807, 2.05) is 6.92 Å². The highest BCUT2D eigenvalue weighted by atomic mass is 16.5. The topological polar surface area (TPSA) is 61.5 Å². The van der Waals surface area contributed by atoms with Gasteiger partial charge in [0.05, 0.1) is 18.6 Å². The molecule has 0 aromatic carbocycles. The SMILES string of the molecule is CCOC(=O)C1CCOC(CN)C1. The van der Waals surface area contributed by atoms with Crippen LogP contribution in [0.15, 0.2) is 0 Å². The molecule has 1 saturated heterocycles. The number of ether oxygens (including phenoxy) is 2. The van der Waals surface area contributed by atoms with Crippen LogP contribution in [0, 0.1) is 5.92 Å². The molecule has 13 heavy (non-hydrogen) atoms. The van der Waals surface area contributed by atoms with E-state index in [1.165, 1.54) is 0 Å². The highest BCUT2D eigenvalue weighted by Gasteiger charge is 2.27. The van der Waals surface area contributed by atoms with Crippen molar-refractivity contribution in [1.29, 1.82) is 0 Å². The second-order valence-electron chi connectivity index (χ2n) is 3.20. The fraction of sp³-hybridized carbons (Fsp3) is 0.889. The van der Waals surface area contributed by atoms with Crippen LogP contribution in [0.5, 0.6) is 0 Å². The van der Waals surface area contributed by atoms with Gasteiger partial charge in [-0.2, -0.15) is 0 Å². The number of hydrogen-bond acceptors (Lipinski definition) is 4. The summed E-state index contributed by atoms with van der Waals surface area (Å²) < 4.78 is 10.3. The van der Waals surface area contributed by atoms with Gasteiger partial charge in [-0.05, 0) is 19.8 Å². The van der Waals surface area contributed by atoms with E-state index in [1.54, 1.807) is 0 Å². The summed E-state index contributed by atoms with van der Waals surface area (Å²) in [6.07, 6.45) is 1.49. The number of esters is 1. The van der Waals surface area contributed by atoms with Gasteiger partial charge in [0.15, 0.2) is 0 Å². The molecule has 1 fully saturated rings. The van der Waals surface area contributed by atoms with Crippen molar-refractivity contribution in [3.63, 3.8) is 0 Å². The van der Waals surface area contributed by atoms with Gasteiger partial charge in [0, 0.05) is 13.2 Å². The number of carbonyl (C=O) groups is 1. The van der Waals surface area contributed by atoms with Gasteiger partial charge in [-0.25, -0.2) is 0 Å². The van der Waals surface area contributed by atoms with Gasteiger partial charge in [0.25, 0.3) is 0 Å². The molecular formula is C9H17NO3. The highest BCUT2D eigenvalue weighted by Crippen LogP contribution is 2.20. The monoisotopic (exact) mass is 187 g/mol. The van der Waals surface area contributed by atoms with E-state index < -0.39 is 0 Å². The summed E-state index contributed by atoms with van der Waals surface area (Å²) in [6.45, 7) is 3.36. The van der Waals surface area contributed by atoms with Gasteiger partial charge in [0.1, 0.15) is 0 Å².